The van der Waals surface area contributed by atoms with Gasteiger partial charge in [-0.1, -0.05) is 18.2 Å². The lowest BCUT2D eigenvalue weighted by Crippen LogP contribution is -2.29. The summed E-state index contributed by atoms with van der Waals surface area (Å²) in [5.74, 6) is -0.292. The third-order valence-electron chi connectivity index (χ3n) is 3.77. The van der Waals surface area contributed by atoms with E-state index >= 15 is 0 Å². The van der Waals surface area contributed by atoms with Crippen LogP contribution in [0, 0.1) is 11.3 Å². The van der Waals surface area contributed by atoms with Crippen molar-refractivity contribution in [1.29, 1.82) is 5.26 Å². The minimum atomic E-state index is -0.292. The van der Waals surface area contributed by atoms with Crippen molar-refractivity contribution in [2.75, 3.05) is 16.1 Å². The van der Waals surface area contributed by atoms with E-state index in [0.29, 0.717) is 16.2 Å². The van der Waals surface area contributed by atoms with E-state index in [-0.39, 0.29) is 5.91 Å². The fraction of sp³-hybridized carbons (Fsp3) is 0. The number of nitrogens with zero attached hydrogens (tertiary/aromatic N) is 1. The molecule has 0 radical (unpaired) electrons. The number of carbonyl (C=O) groups is 1. The molecule has 0 aromatic heterocycles. The van der Waals surface area contributed by atoms with Crippen molar-refractivity contribution in [3.63, 3.8) is 0 Å². The Morgan fingerprint density at radius 1 is 0.786 bits per heavy atom. The van der Waals surface area contributed by atoms with Gasteiger partial charge in [0, 0.05) is 16.9 Å². The molecule has 1 amide bonds. The molecular weight excluding hydrogens is 370 g/mol. The third kappa shape index (κ3) is 5.30. The van der Waals surface area contributed by atoms with Crippen LogP contribution >= 0.6 is 12.2 Å². The SMILES string of the molecule is N#Cc1ccc(C(=O)NNc2ccc(NC(=S)Nc3ccccc3)cc2)cc1. The Kier molecular flexibility index (Phi) is 6.18. The quantitative estimate of drug-likeness (QED) is 0.389. The van der Waals surface area contributed by atoms with Crippen LogP contribution in [0.4, 0.5) is 17.1 Å². The van der Waals surface area contributed by atoms with Gasteiger partial charge in [0.1, 0.15) is 0 Å². The van der Waals surface area contributed by atoms with Crippen molar-refractivity contribution in [3.05, 3.63) is 90.0 Å². The van der Waals surface area contributed by atoms with Gasteiger partial charge in [-0.05, 0) is 72.9 Å². The number of thiocarbonyl (C=S) groups is 1. The molecule has 0 unspecified atom stereocenters. The first-order valence-corrected chi connectivity index (χ1v) is 8.84. The predicted octanol–water partition coefficient (Wildman–Crippen LogP) is 4.12. The Hall–Kier alpha value is -3.89. The molecule has 0 fully saturated rings. The monoisotopic (exact) mass is 387 g/mol. The Morgan fingerprint density at radius 2 is 1.36 bits per heavy atom. The van der Waals surface area contributed by atoms with Crippen LogP contribution in [0.3, 0.4) is 0 Å². The molecular formula is C21H17N5OS. The van der Waals surface area contributed by atoms with E-state index < -0.39 is 0 Å². The van der Waals surface area contributed by atoms with E-state index in [9.17, 15) is 4.79 Å². The van der Waals surface area contributed by atoms with Crippen molar-refractivity contribution in [1.82, 2.24) is 5.43 Å². The molecule has 7 heteroatoms. The van der Waals surface area contributed by atoms with E-state index in [1.165, 1.54) is 0 Å². The van der Waals surface area contributed by atoms with Gasteiger partial charge >= 0.3 is 0 Å². The molecule has 0 aliphatic carbocycles. The summed E-state index contributed by atoms with van der Waals surface area (Å²) in [7, 11) is 0. The zero-order valence-corrected chi connectivity index (χ0v) is 15.6. The number of carbonyl (C=O) groups excluding carboxylic acids is 1. The lowest BCUT2D eigenvalue weighted by Gasteiger charge is -2.12. The number of amides is 1. The number of hydrazine groups is 1. The molecule has 6 nitrogen and oxygen atoms in total. The third-order valence-corrected chi connectivity index (χ3v) is 3.98. The van der Waals surface area contributed by atoms with Gasteiger partial charge in [-0.15, -0.1) is 0 Å². The minimum Gasteiger partial charge on any atom is -0.332 e. The van der Waals surface area contributed by atoms with Crippen LogP contribution in [0.2, 0.25) is 0 Å². The summed E-state index contributed by atoms with van der Waals surface area (Å²) in [4.78, 5) is 12.1. The number of nitriles is 1. The zero-order valence-electron chi connectivity index (χ0n) is 14.8. The topological polar surface area (TPSA) is 89.0 Å². The molecule has 28 heavy (non-hydrogen) atoms. The van der Waals surface area contributed by atoms with Gasteiger partial charge in [-0.25, -0.2) is 0 Å². The molecule has 3 rings (SSSR count). The molecule has 0 saturated heterocycles. The summed E-state index contributed by atoms with van der Waals surface area (Å²) < 4.78 is 0. The van der Waals surface area contributed by atoms with Gasteiger partial charge in [-0.2, -0.15) is 5.26 Å². The van der Waals surface area contributed by atoms with Gasteiger partial charge in [0.15, 0.2) is 5.11 Å². The smallest absolute Gasteiger partial charge is 0.269 e. The lowest BCUT2D eigenvalue weighted by atomic mass is 10.1. The van der Waals surface area contributed by atoms with Crippen LogP contribution < -0.4 is 21.5 Å². The molecule has 0 spiro atoms. The Labute approximate surface area is 168 Å². The fourth-order valence-corrected chi connectivity index (χ4v) is 2.58. The van der Waals surface area contributed by atoms with E-state index in [1.807, 2.05) is 60.7 Å². The number of anilines is 3. The first-order chi connectivity index (χ1) is 13.6. The summed E-state index contributed by atoms with van der Waals surface area (Å²) in [5.41, 5.74) is 8.87. The van der Waals surface area contributed by atoms with E-state index in [0.717, 1.165) is 17.1 Å². The van der Waals surface area contributed by atoms with Crippen LogP contribution in [0.25, 0.3) is 0 Å². The number of nitrogens with one attached hydrogen (secondary N) is 4. The maximum atomic E-state index is 12.1. The highest BCUT2D eigenvalue weighted by molar-refractivity contribution is 7.80. The molecule has 3 aromatic rings. The molecule has 0 bridgehead atoms. The Bertz CT molecular complexity index is 996. The van der Waals surface area contributed by atoms with Gasteiger partial charge in [0.05, 0.1) is 17.3 Å². The van der Waals surface area contributed by atoms with Gasteiger partial charge in [-0.3, -0.25) is 15.6 Å². The lowest BCUT2D eigenvalue weighted by molar-refractivity contribution is 0.0962. The second-order valence-electron chi connectivity index (χ2n) is 5.79. The molecule has 0 saturated carbocycles. The van der Waals surface area contributed by atoms with Gasteiger partial charge in [0.2, 0.25) is 0 Å². The summed E-state index contributed by atoms with van der Waals surface area (Å²) in [6, 6.07) is 25.4. The van der Waals surface area contributed by atoms with Gasteiger partial charge in [0.25, 0.3) is 5.91 Å². The minimum absolute atomic E-state index is 0.292. The normalized spacial score (nSPS) is 9.68. The van der Waals surface area contributed by atoms with Crippen LogP contribution in [0.5, 0.6) is 0 Å². The second-order valence-corrected chi connectivity index (χ2v) is 6.20. The number of hydrogen-bond donors (Lipinski definition) is 4. The molecule has 3 aromatic carbocycles. The predicted molar refractivity (Wildman–Crippen MR) is 115 cm³/mol. The number of para-hydroxylation sites is 1. The molecule has 4 N–H and O–H groups in total. The maximum Gasteiger partial charge on any atom is 0.269 e. The van der Waals surface area contributed by atoms with E-state index in [4.69, 9.17) is 17.5 Å². The van der Waals surface area contributed by atoms with Crippen LogP contribution in [0.1, 0.15) is 15.9 Å². The summed E-state index contributed by atoms with van der Waals surface area (Å²) >= 11 is 5.29. The maximum absolute atomic E-state index is 12.1. The Morgan fingerprint density at radius 3 is 1.96 bits per heavy atom. The first-order valence-electron chi connectivity index (χ1n) is 8.44. The summed E-state index contributed by atoms with van der Waals surface area (Å²) in [5, 5.41) is 15.5. The zero-order chi connectivity index (χ0) is 19.8. The largest absolute Gasteiger partial charge is 0.332 e. The van der Waals surface area contributed by atoms with E-state index in [2.05, 4.69) is 21.5 Å². The Balaban J connectivity index is 1.50. The van der Waals surface area contributed by atoms with Gasteiger partial charge < -0.3 is 10.6 Å². The summed E-state index contributed by atoms with van der Waals surface area (Å²) in [6.07, 6.45) is 0. The average molecular weight is 387 g/mol. The molecule has 0 aliphatic heterocycles. The average Bonchev–Trinajstić information content (AvgIpc) is 2.73. The summed E-state index contributed by atoms with van der Waals surface area (Å²) in [6.45, 7) is 0. The standard InChI is InChI=1S/C21H17N5OS/c22-14-15-6-8-16(9-7-15)20(27)26-25-19-12-10-18(11-13-19)24-21(28)23-17-4-2-1-3-5-17/h1-13,25H,(H,26,27)(H2,23,24,28). The first kappa shape index (κ1) is 18.9. The second kappa shape index (κ2) is 9.16. The van der Waals surface area contributed by atoms with Crippen LogP contribution in [-0.2, 0) is 0 Å². The molecule has 0 atom stereocenters. The highest BCUT2D eigenvalue weighted by Gasteiger charge is 2.05. The highest BCUT2D eigenvalue weighted by atomic mass is 32.1. The van der Waals surface area contributed by atoms with Crippen molar-refractivity contribution >= 4 is 40.3 Å². The van der Waals surface area contributed by atoms with E-state index in [1.54, 1.807) is 24.3 Å². The van der Waals surface area contributed by atoms with Crippen molar-refractivity contribution in [2.24, 2.45) is 0 Å². The molecule has 138 valence electrons. The fourth-order valence-electron chi connectivity index (χ4n) is 2.35. The number of rotatable bonds is 5. The molecule has 0 heterocycles. The van der Waals surface area contributed by atoms with Crippen LogP contribution in [0.15, 0.2) is 78.9 Å². The number of benzene rings is 3. The van der Waals surface area contributed by atoms with Crippen molar-refractivity contribution in [2.45, 2.75) is 0 Å². The van der Waals surface area contributed by atoms with Crippen molar-refractivity contribution in [3.8, 4) is 6.07 Å². The molecule has 0 aliphatic rings. The number of hydrogen-bond acceptors (Lipinski definition) is 4. The van der Waals surface area contributed by atoms with Crippen molar-refractivity contribution < 1.29 is 4.79 Å². The van der Waals surface area contributed by atoms with Crippen LogP contribution in [-0.4, -0.2) is 11.0 Å². The highest BCUT2D eigenvalue weighted by Crippen LogP contribution is 2.14.